The summed E-state index contributed by atoms with van der Waals surface area (Å²) in [5.74, 6) is -1.50. The number of carboxylic acid groups (broad SMARTS) is 1. The average molecular weight is 228 g/mol. The molecular formula is C11H13FO4. The molecule has 0 unspecified atom stereocenters. The number of aromatic hydroxyl groups is 1. The second-order valence-corrected chi connectivity index (χ2v) is 3.36. The van der Waals surface area contributed by atoms with Crippen molar-refractivity contribution in [3.63, 3.8) is 0 Å². The fourth-order valence-corrected chi connectivity index (χ4v) is 1.40. The van der Waals surface area contributed by atoms with Crippen LogP contribution in [0.15, 0.2) is 12.1 Å². The van der Waals surface area contributed by atoms with E-state index < -0.39 is 11.8 Å². The van der Waals surface area contributed by atoms with E-state index in [1.807, 2.05) is 0 Å². The van der Waals surface area contributed by atoms with Crippen molar-refractivity contribution in [3.8, 4) is 11.5 Å². The molecule has 0 radical (unpaired) electrons. The van der Waals surface area contributed by atoms with Gasteiger partial charge >= 0.3 is 5.97 Å². The predicted octanol–water partition coefficient (Wildman–Crippen LogP) is 1.95. The minimum atomic E-state index is -0.914. The SMILES string of the molecule is COc1cc(F)cc(CCCC(=O)O)c1O. The minimum Gasteiger partial charge on any atom is -0.504 e. The number of hydrogen-bond donors (Lipinski definition) is 2. The summed E-state index contributed by atoms with van der Waals surface area (Å²) in [6, 6.07) is 2.26. The number of methoxy groups -OCH3 is 1. The van der Waals surface area contributed by atoms with E-state index in [1.165, 1.54) is 13.2 Å². The zero-order chi connectivity index (χ0) is 12.1. The number of halogens is 1. The van der Waals surface area contributed by atoms with Crippen molar-refractivity contribution in [3.05, 3.63) is 23.5 Å². The number of phenolic OH excluding ortho intramolecular Hbond substituents is 1. The Hall–Kier alpha value is -1.78. The van der Waals surface area contributed by atoms with Gasteiger partial charge in [-0.25, -0.2) is 4.39 Å². The van der Waals surface area contributed by atoms with Gasteiger partial charge in [0.25, 0.3) is 0 Å². The number of carbonyl (C=O) groups is 1. The third-order valence-electron chi connectivity index (χ3n) is 2.18. The number of aryl methyl sites for hydroxylation is 1. The molecule has 0 heterocycles. The monoisotopic (exact) mass is 228 g/mol. The Kier molecular flexibility index (Phi) is 4.10. The molecule has 0 saturated heterocycles. The van der Waals surface area contributed by atoms with E-state index in [0.29, 0.717) is 18.4 Å². The van der Waals surface area contributed by atoms with Crippen LogP contribution in [0.1, 0.15) is 18.4 Å². The van der Waals surface area contributed by atoms with Crippen LogP contribution in [0, 0.1) is 5.82 Å². The molecule has 0 aliphatic rings. The molecule has 0 aliphatic heterocycles. The lowest BCUT2D eigenvalue weighted by Crippen LogP contribution is -1.97. The van der Waals surface area contributed by atoms with E-state index in [1.54, 1.807) is 0 Å². The largest absolute Gasteiger partial charge is 0.504 e. The lowest BCUT2D eigenvalue weighted by Gasteiger charge is -2.08. The van der Waals surface area contributed by atoms with Gasteiger partial charge in [0, 0.05) is 18.1 Å². The van der Waals surface area contributed by atoms with E-state index in [4.69, 9.17) is 9.84 Å². The molecule has 0 bridgehead atoms. The van der Waals surface area contributed by atoms with Crippen molar-refractivity contribution in [2.75, 3.05) is 7.11 Å². The van der Waals surface area contributed by atoms with Crippen molar-refractivity contribution in [2.45, 2.75) is 19.3 Å². The van der Waals surface area contributed by atoms with E-state index >= 15 is 0 Å². The quantitative estimate of drug-likeness (QED) is 0.808. The fourth-order valence-electron chi connectivity index (χ4n) is 1.40. The maximum absolute atomic E-state index is 13.1. The summed E-state index contributed by atoms with van der Waals surface area (Å²) >= 11 is 0. The Morgan fingerprint density at radius 3 is 2.75 bits per heavy atom. The normalized spacial score (nSPS) is 10.1. The summed E-state index contributed by atoms with van der Waals surface area (Å²) in [5.41, 5.74) is 0.359. The molecule has 0 aliphatic carbocycles. The van der Waals surface area contributed by atoms with Gasteiger partial charge in [-0.3, -0.25) is 4.79 Å². The number of benzene rings is 1. The zero-order valence-corrected chi connectivity index (χ0v) is 8.86. The highest BCUT2D eigenvalue weighted by atomic mass is 19.1. The molecule has 0 fully saturated rings. The first-order chi connectivity index (χ1) is 7.54. The Morgan fingerprint density at radius 2 is 2.19 bits per heavy atom. The van der Waals surface area contributed by atoms with Crippen LogP contribution in [0.5, 0.6) is 11.5 Å². The standard InChI is InChI=1S/C11H13FO4/c1-16-9-6-8(12)5-7(11(9)15)3-2-4-10(13)14/h5-6,15H,2-4H2,1H3,(H,13,14). The molecule has 0 saturated carbocycles. The molecule has 1 aromatic carbocycles. The maximum atomic E-state index is 13.1. The molecule has 88 valence electrons. The van der Waals surface area contributed by atoms with E-state index in [2.05, 4.69) is 0 Å². The number of phenols is 1. The van der Waals surface area contributed by atoms with Crippen LogP contribution in [-0.4, -0.2) is 23.3 Å². The summed E-state index contributed by atoms with van der Waals surface area (Å²) < 4.78 is 17.9. The number of hydrogen-bond acceptors (Lipinski definition) is 3. The lowest BCUT2D eigenvalue weighted by molar-refractivity contribution is -0.137. The van der Waals surface area contributed by atoms with Gasteiger partial charge in [0.15, 0.2) is 11.5 Å². The Balaban J connectivity index is 2.78. The molecule has 1 rings (SSSR count). The third-order valence-corrected chi connectivity index (χ3v) is 2.18. The Bertz CT molecular complexity index is 390. The molecule has 0 aromatic heterocycles. The zero-order valence-electron chi connectivity index (χ0n) is 8.86. The summed E-state index contributed by atoms with van der Waals surface area (Å²) in [6.45, 7) is 0. The van der Waals surface area contributed by atoms with Gasteiger partial charge in [-0.1, -0.05) is 0 Å². The van der Waals surface area contributed by atoms with E-state index in [9.17, 15) is 14.3 Å². The summed E-state index contributed by atoms with van der Waals surface area (Å²) in [5, 5.41) is 18.1. The fraction of sp³-hybridized carbons (Fsp3) is 0.364. The first-order valence-electron chi connectivity index (χ1n) is 4.81. The Morgan fingerprint density at radius 1 is 1.50 bits per heavy atom. The van der Waals surface area contributed by atoms with Crippen LogP contribution >= 0.6 is 0 Å². The van der Waals surface area contributed by atoms with Gasteiger partial charge in [-0.2, -0.15) is 0 Å². The van der Waals surface area contributed by atoms with Crippen LogP contribution in [-0.2, 0) is 11.2 Å². The highest BCUT2D eigenvalue weighted by Crippen LogP contribution is 2.31. The molecule has 16 heavy (non-hydrogen) atoms. The molecule has 4 nitrogen and oxygen atoms in total. The first kappa shape index (κ1) is 12.3. The number of aliphatic carboxylic acids is 1. The van der Waals surface area contributed by atoms with E-state index in [-0.39, 0.29) is 17.9 Å². The van der Waals surface area contributed by atoms with Crippen molar-refractivity contribution in [2.24, 2.45) is 0 Å². The summed E-state index contributed by atoms with van der Waals surface area (Å²) in [4.78, 5) is 10.3. The van der Waals surface area contributed by atoms with Gasteiger partial charge in [-0.05, 0) is 18.9 Å². The second-order valence-electron chi connectivity index (χ2n) is 3.36. The second kappa shape index (κ2) is 5.34. The van der Waals surface area contributed by atoms with Crippen molar-refractivity contribution in [1.29, 1.82) is 0 Å². The molecule has 0 amide bonds. The first-order valence-corrected chi connectivity index (χ1v) is 4.81. The van der Waals surface area contributed by atoms with Crippen LogP contribution in [0.3, 0.4) is 0 Å². The van der Waals surface area contributed by atoms with Crippen LogP contribution in [0.2, 0.25) is 0 Å². The molecular weight excluding hydrogens is 215 g/mol. The molecule has 5 heteroatoms. The predicted molar refractivity (Wildman–Crippen MR) is 55.2 cm³/mol. The third kappa shape index (κ3) is 3.12. The van der Waals surface area contributed by atoms with E-state index in [0.717, 1.165) is 6.07 Å². The smallest absolute Gasteiger partial charge is 0.303 e. The number of carboxylic acids is 1. The molecule has 0 spiro atoms. The van der Waals surface area contributed by atoms with Crippen LogP contribution in [0.25, 0.3) is 0 Å². The van der Waals surface area contributed by atoms with Gasteiger partial charge in [0.1, 0.15) is 5.82 Å². The van der Waals surface area contributed by atoms with Gasteiger partial charge in [0.05, 0.1) is 7.11 Å². The summed E-state index contributed by atoms with van der Waals surface area (Å²) in [7, 11) is 1.33. The average Bonchev–Trinajstić information content (AvgIpc) is 2.22. The highest BCUT2D eigenvalue weighted by Gasteiger charge is 2.11. The summed E-state index contributed by atoms with van der Waals surface area (Å²) in [6.07, 6.45) is 0.625. The topological polar surface area (TPSA) is 66.8 Å². The lowest BCUT2D eigenvalue weighted by atomic mass is 10.1. The Labute approximate surface area is 92.3 Å². The number of ether oxygens (including phenoxy) is 1. The van der Waals surface area contributed by atoms with Crippen molar-refractivity contribution in [1.82, 2.24) is 0 Å². The maximum Gasteiger partial charge on any atom is 0.303 e. The molecule has 0 atom stereocenters. The highest BCUT2D eigenvalue weighted by molar-refractivity contribution is 5.66. The minimum absolute atomic E-state index is 0.0156. The molecule has 1 aromatic rings. The number of rotatable bonds is 5. The van der Waals surface area contributed by atoms with Gasteiger partial charge < -0.3 is 14.9 Å². The van der Waals surface area contributed by atoms with Crippen molar-refractivity contribution < 1.29 is 24.1 Å². The van der Waals surface area contributed by atoms with Crippen molar-refractivity contribution >= 4 is 5.97 Å². The molecule has 2 N–H and O–H groups in total. The van der Waals surface area contributed by atoms with Gasteiger partial charge in [-0.15, -0.1) is 0 Å². The van der Waals surface area contributed by atoms with Gasteiger partial charge in [0.2, 0.25) is 0 Å². The van der Waals surface area contributed by atoms with Crippen LogP contribution in [0.4, 0.5) is 4.39 Å². The van der Waals surface area contributed by atoms with Crippen LogP contribution < -0.4 is 4.74 Å².